The van der Waals surface area contributed by atoms with Crippen molar-refractivity contribution in [2.45, 2.75) is 32.2 Å². The molecule has 1 heterocycles. The molecule has 1 fully saturated rings. The monoisotopic (exact) mass is 289 g/mol. The predicted octanol–water partition coefficient (Wildman–Crippen LogP) is 3.27. The largest absolute Gasteiger partial charge is 0.493 e. The zero-order valence-corrected chi connectivity index (χ0v) is 12.8. The number of likely N-dealkylation sites (tertiary alicyclic amines) is 1. The van der Waals surface area contributed by atoms with E-state index in [1.165, 1.54) is 6.42 Å². The summed E-state index contributed by atoms with van der Waals surface area (Å²) in [4.78, 5) is 14.6. The first-order valence-corrected chi connectivity index (χ1v) is 7.40. The minimum Gasteiger partial charge on any atom is -0.493 e. The van der Waals surface area contributed by atoms with E-state index < -0.39 is 0 Å². The van der Waals surface area contributed by atoms with Crippen molar-refractivity contribution in [1.82, 2.24) is 4.90 Å². The fraction of sp³-hybridized carbons (Fsp3) is 0.471. The topological polar surface area (TPSA) is 38.8 Å². The second-order valence-corrected chi connectivity index (χ2v) is 5.31. The van der Waals surface area contributed by atoms with Gasteiger partial charge in [-0.25, -0.2) is 0 Å². The van der Waals surface area contributed by atoms with Crippen LogP contribution in [0.3, 0.4) is 0 Å². The van der Waals surface area contributed by atoms with E-state index in [1.807, 2.05) is 4.90 Å². The van der Waals surface area contributed by atoms with Gasteiger partial charge in [-0.1, -0.05) is 12.7 Å². The number of piperidine rings is 1. The van der Waals surface area contributed by atoms with E-state index in [0.29, 0.717) is 29.7 Å². The third-order valence-corrected chi connectivity index (χ3v) is 3.83. The van der Waals surface area contributed by atoms with Crippen molar-refractivity contribution >= 4 is 5.91 Å². The van der Waals surface area contributed by atoms with E-state index in [-0.39, 0.29) is 5.91 Å². The van der Waals surface area contributed by atoms with Crippen molar-refractivity contribution in [3.05, 3.63) is 36.4 Å². The average Bonchev–Trinajstić information content (AvgIpc) is 2.52. The number of carbonyl (C=O) groups excluding carboxylic acids is 1. The van der Waals surface area contributed by atoms with Gasteiger partial charge in [-0.05, 0) is 44.4 Å². The Morgan fingerprint density at radius 3 is 2.90 bits per heavy atom. The zero-order chi connectivity index (χ0) is 15.2. The SMILES string of the molecule is C=CCOc1ccc(C(=O)N2CCCCC2C)cc1OC. The van der Waals surface area contributed by atoms with Gasteiger partial charge in [0, 0.05) is 18.2 Å². The maximum Gasteiger partial charge on any atom is 0.254 e. The van der Waals surface area contributed by atoms with Crippen LogP contribution in [0.4, 0.5) is 0 Å². The smallest absolute Gasteiger partial charge is 0.254 e. The molecule has 21 heavy (non-hydrogen) atoms. The number of hydrogen-bond donors (Lipinski definition) is 0. The van der Waals surface area contributed by atoms with Gasteiger partial charge in [-0.2, -0.15) is 0 Å². The lowest BCUT2D eigenvalue weighted by Crippen LogP contribution is -2.42. The summed E-state index contributed by atoms with van der Waals surface area (Å²) in [7, 11) is 1.58. The highest BCUT2D eigenvalue weighted by molar-refractivity contribution is 5.95. The highest BCUT2D eigenvalue weighted by Gasteiger charge is 2.24. The van der Waals surface area contributed by atoms with Crippen LogP contribution >= 0.6 is 0 Å². The Labute approximate surface area is 126 Å². The van der Waals surface area contributed by atoms with Gasteiger partial charge < -0.3 is 14.4 Å². The van der Waals surface area contributed by atoms with Crippen molar-refractivity contribution in [3.8, 4) is 11.5 Å². The molecule has 1 aliphatic heterocycles. The van der Waals surface area contributed by atoms with E-state index >= 15 is 0 Å². The molecule has 1 amide bonds. The zero-order valence-electron chi connectivity index (χ0n) is 12.8. The van der Waals surface area contributed by atoms with Crippen LogP contribution in [-0.4, -0.2) is 37.1 Å². The molecule has 0 N–H and O–H groups in total. The molecule has 0 bridgehead atoms. The first kappa shape index (κ1) is 15.4. The van der Waals surface area contributed by atoms with Gasteiger partial charge in [-0.3, -0.25) is 4.79 Å². The molecule has 4 nitrogen and oxygen atoms in total. The van der Waals surface area contributed by atoms with Crippen molar-refractivity contribution < 1.29 is 14.3 Å². The quantitative estimate of drug-likeness (QED) is 0.781. The summed E-state index contributed by atoms with van der Waals surface area (Å²) in [6.07, 6.45) is 5.02. The Bertz CT molecular complexity index is 513. The van der Waals surface area contributed by atoms with Crippen LogP contribution in [0.15, 0.2) is 30.9 Å². The molecule has 1 aliphatic rings. The average molecular weight is 289 g/mol. The maximum atomic E-state index is 12.6. The third kappa shape index (κ3) is 3.57. The van der Waals surface area contributed by atoms with E-state index in [2.05, 4.69) is 13.5 Å². The number of nitrogens with zero attached hydrogens (tertiary/aromatic N) is 1. The van der Waals surface area contributed by atoms with Gasteiger partial charge in [0.2, 0.25) is 0 Å². The van der Waals surface area contributed by atoms with Crippen LogP contribution in [0, 0.1) is 0 Å². The van der Waals surface area contributed by atoms with Crippen LogP contribution in [0.2, 0.25) is 0 Å². The summed E-state index contributed by atoms with van der Waals surface area (Å²) in [5.41, 5.74) is 0.645. The van der Waals surface area contributed by atoms with Crippen molar-refractivity contribution in [2.75, 3.05) is 20.3 Å². The molecular formula is C17H23NO3. The molecule has 0 aromatic heterocycles. The lowest BCUT2D eigenvalue weighted by molar-refractivity contribution is 0.0635. The second-order valence-electron chi connectivity index (χ2n) is 5.31. The van der Waals surface area contributed by atoms with E-state index in [4.69, 9.17) is 9.47 Å². The lowest BCUT2D eigenvalue weighted by Gasteiger charge is -2.33. The summed E-state index contributed by atoms with van der Waals surface area (Å²) in [6.45, 7) is 6.97. The summed E-state index contributed by atoms with van der Waals surface area (Å²) >= 11 is 0. The fourth-order valence-electron chi connectivity index (χ4n) is 2.63. The number of rotatable bonds is 5. The van der Waals surface area contributed by atoms with E-state index in [0.717, 1.165) is 19.4 Å². The first-order chi connectivity index (χ1) is 10.2. The number of benzene rings is 1. The second kappa shape index (κ2) is 7.16. The minimum atomic E-state index is 0.0655. The molecule has 114 valence electrons. The van der Waals surface area contributed by atoms with Crippen LogP contribution < -0.4 is 9.47 Å². The molecule has 0 spiro atoms. The lowest BCUT2D eigenvalue weighted by atomic mass is 10.0. The highest BCUT2D eigenvalue weighted by atomic mass is 16.5. The Kier molecular flexibility index (Phi) is 5.26. The molecule has 0 radical (unpaired) electrons. The Balaban J connectivity index is 2.19. The van der Waals surface area contributed by atoms with Crippen LogP contribution in [0.5, 0.6) is 11.5 Å². The molecular weight excluding hydrogens is 266 g/mol. The third-order valence-electron chi connectivity index (χ3n) is 3.83. The summed E-state index contributed by atoms with van der Waals surface area (Å²) in [5.74, 6) is 1.27. The summed E-state index contributed by atoms with van der Waals surface area (Å²) in [5, 5.41) is 0. The molecule has 4 heteroatoms. The van der Waals surface area contributed by atoms with Gasteiger partial charge >= 0.3 is 0 Å². The first-order valence-electron chi connectivity index (χ1n) is 7.40. The molecule has 2 rings (SSSR count). The predicted molar refractivity (Wildman–Crippen MR) is 83.0 cm³/mol. The van der Waals surface area contributed by atoms with Crippen LogP contribution in [0.25, 0.3) is 0 Å². The van der Waals surface area contributed by atoms with Crippen LogP contribution in [0.1, 0.15) is 36.5 Å². The number of methoxy groups -OCH3 is 1. The fourth-order valence-corrected chi connectivity index (χ4v) is 2.63. The Morgan fingerprint density at radius 1 is 1.43 bits per heavy atom. The molecule has 1 atom stereocenters. The molecule has 0 aliphatic carbocycles. The van der Waals surface area contributed by atoms with Gasteiger partial charge in [0.05, 0.1) is 7.11 Å². The molecule has 0 saturated carbocycles. The number of carbonyl (C=O) groups is 1. The summed E-state index contributed by atoms with van der Waals surface area (Å²) < 4.78 is 10.8. The molecule has 1 aromatic rings. The van der Waals surface area contributed by atoms with E-state index in [9.17, 15) is 4.79 Å². The standard InChI is InChI=1S/C17H23NO3/c1-4-11-21-15-9-8-14(12-16(15)20-3)17(19)18-10-6-5-7-13(18)2/h4,8-9,12-13H,1,5-7,10-11H2,2-3H3. The normalized spacial score (nSPS) is 18.2. The Hall–Kier alpha value is -1.97. The Morgan fingerprint density at radius 2 is 2.24 bits per heavy atom. The van der Waals surface area contributed by atoms with Crippen molar-refractivity contribution in [3.63, 3.8) is 0 Å². The van der Waals surface area contributed by atoms with Gasteiger partial charge in [0.1, 0.15) is 6.61 Å². The minimum absolute atomic E-state index is 0.0655. The molecule has 1 aromatic carbocycles. The van der Waals surface area contributed by atoms with Gasteiger partial charge in [0.15, 0.2) is 11.5 Å². The van der Waals surface area contributed by atoms with Crippen molar-refractivity contribution in [2.24, 2.45) is 0 Å². The molecule has 1 saturated heterocycles. The van der Waals surface area contributed by atoms with Gasteiger partial charge in [-0.15, -0.1) is 0 Å². The van der Waals surface area contributed by atoms with Crippen molar-refractivity contribution in [1.29, 1.82) is 0 Å². The van der Waals surface area contributed by atoms with Gasteiger partial charge in [0.25, 0.3) is 5.91 Å². The van der Waals surface area contributed by atoms with Crippen LogP contribution in [-0.2, 0) is 0 Å². The van der Waals surface area contributed by atoms with E-state index in [1.54, 1.807) is 31.4 Å². The number of ether oxygens (including phenoxy) is 2. The summed E-state index contributed by atoms with van der Waals surface area (Å²) in [6, 6.07) is 5.63. The maximum absolute atomic E-state index is 12.6. The number of hydrogen-bond acceptors (Lipinski definition) is 3. The number of amides is 1. The molecule has 1 unspecified atom stereocenters. The highest BCUT2D eigenvalue weighted by Crippen LogP contribution is 2.29.